The van der Waals surface area contributed by atoms with Crippen molar-refractivity contribution in [3.63, 3.8) is 0 Å². The third-order valence-electron chi connectivity index (χ3n) is 4.34. The SMILES string of the molecule is CC1CCCC(NC(=O)c2cc(N)ccc2N(C)C)CC1. The summed E-state index contributed by atoms with van der Waals surface area (Å²) in [6, 6.07) is 5.79. The quantitative estimate of drug-likeness (QED) is 0.664. The molecule has 1 fully saturated rings. The summed E-state index contributed by atoms with van der Waals surface area (Å²) in [7, 11) is 3.88. The normalized spacial score (nSPS) is 22.4. The van der Waals surface area contributed by atoms with Crippen molar-refractivity contribution in [2.45, 2.75) is 45.1 Å². The second-order valence-corrected chi connectivity index (χ2v) is 6.45. The number of rotatable bonds is 3. The molecule has 0 aliphatic heterocycles. The van der Waals surface area contributed by atoms with Crippen LogP contribution in [-0.2, 0) is 0 Å². The third kappa shape index (κ3) is 4.13. The molecule has 1 aromatic rings. The third-order valence-corrected chi connectivity index (χ3v) is 4.34. The lowest BCUT2D eigenvalue weighted by atomic mass is 10.0. The zero-order valence-corrected chi connectivity index (χ0v) is 13.4. The molecule has 1 aromatic carbocycles. The number of benzene rings is 1. The minimum Gasteiger partial charge on any atom is -0.399 e. The predicted molar refractivity (Wildman–Crippen MR) is 88.7 cm³/mol. The topological polar surface area (TPSA) is 58.4 Å². The number of amides is 1. The molecule has 116 valence electrons. The van der Waals surface area contributed by atoms with Gasteiger partial charge in [0.1, 0.15) is 0 Å². The smallest absolute Gasteiger partial charge is 0.253 e. The lowest BCUT2D eigenvalue weighted by Gasteiger charge is -2.21. The van der Waals surface area contributed by atoms with Crippen molar-refractivity contribution < 1.29 is 4.79 Å². The van der Waals surface area contributed by atoms with Crippen LogP contribution in [0.2, 0.25) is 0 Å². The minimum atomic E-state index is -0.00875. The number of nitrogen functional groups attached to an aromatic ring is 1. The molecule has 2 unspecified atom stereocenters. The largest absolute Gasteiger partial charge is 0.399 e. The van der Waals surface area contributed by atoms with Crippen LogP contribution in [0.5, 0.6) is 0 Å². The number of carbonyl (C=O) groups excluding carboxylic acids is 1. The molecule has 1 aliphatic carbocycles. The van der Waals surface area contributed by atoms with E-state index in [1.54, 1.807) is 6.07 Å². The average molecular weight is 289 g/mol. The van der Waals surface area contributed by atoms with E-state index in [9.17, 15) is 4.79 Å². The molecule has 1 aliphatic rings. The molecule has 0 spiro atoms. The second-order valence-electron chi connectivity index (χ2n) is 6.45. The van der Waals surface area contributed by atoms with Crippen LogP contribution >= 0.6 is 0 Å². The maximum absolute atomic E-state index is 12.6. The van der Waals surface area contributed by atoms with E-state index in [4.69, 9.17) is 5.73 Å². The molecule has 4 nitrogen and oxygen atoms in total. The molecule has 2 rings (SSSR count). The van der Waals surface area contributed by atoms with Crippen molar-refractivity contribution in [3.8, 4) is 0 Å². The van der Waals surface area contributed by atoms with E-state index in [2.05, 4.69) is 12.2 Å². The molecular weight excluding hydrogens is 262 g/mol. The number of nitrogens with one attached hydrogen (secondary N) is 1. The van der Waals surface area contributed by atoms with Crippen LogP contribution in [0.25, 0.3) is 0 Å². The van der Waals surface area contributed by atoms with E-state index in [-0.39, 0.29) is 5.91 Å². The molecule has 21 heavy (non-hydrogen) atoms. The Kier molecular flexibility index (Phi) is 5.10. The van der Waals surface area contributed by atoms with Gasteiger partial charge in [0.05, 0.1) is 5.56 Å². The first-order valence-electron chi connectivity index (χ1n) is 7.85. The monoisotopic (exact) mass is 289 g/mol. The van der Waals surface area contributed by atoms with Gasteiger partial charge in [-0.25, -0.2) is 0 Å². The van der Waals surface area contributed by atoms with Crippen molar-refractivity contribution in [1.82, 2.24) is 5.32 Å². The molecule has 0 heterocycles. The number of nitrogens with two attached hydrogens (primary N) is 1. The van der Waals surface area contributed by atoms with Gasteiger partial charge in [-0.2, -0.15) is 0 Å². The first-order valence-corrected chi connectivity index (χ1v) is 7.85. The lowest BCUT2D eigenvalue weighted by molar-refractivity contribution is 0.0933. The summed E-state index contributed by atoms with van der Waals surface area (Å²) in [5.41, 5.74) is 8.04. The van der Waals surface area contributed by atoms with E-state index < -0.39 is 0 Å². The van der Waals surface area contributed by atoms with E-state index >= 15 is 0 Å². The summed E-state index contributed by atoms with van der Waals surface area (Å²) in [5.74, 6) is 0.766. The van der Waals surface area contributed by atoms with E-state index in [1.807, 2.05) is 31.1 Å². The molecule has 1 amide bonds. The summed E-state index contributed by atoms with van der Waals surface area (Å²) in [4.78, 5) is 14.5. The number of carbonyl (C=O) groups is 1. The average Bonchev–Trinajstić information content (AvgIpc) is 2.63. The van der Waals surface area contributed by atoms with Gasteiger partial charge in [0.25, 0.3) is 5.91 Å². The zero-order valence-electron chi connectivity index (χ0n) is 13.4. The first kappa shape index (κ1) is 15.7. The van der Waals surface area contributed by atoms with Gasteiger partial charge >= 0.3 is 0 Å². The van der Waals surface area contributed by atoms with E-state index in [0.29, 0.717) is 17.3 Å². The number of anilines is 2. The van der Waals surface area contributed by atoms with Crippen LogP contribution in [0.15, 0.2) is 18.2 Å². The molecular formula is C17H27N3O. The van der Waals surface area contributed by atoms with Crippen LogP contribution < -0.4 is 16.0 Å². The fraction of sp³-hybridized carbons (Fsp3) is 0.588. The van der Waals surface area contributed by atoms with Crippen LogP contribution in [-0.4, -0.2) is 26.0 Å². The van der Waals surface area contributed by atoms with Crippen molar-refractivity contribution in [1.29, 1.82) is 0 Å². The second kappa shape index (κ2) is 6.83. The summed E-state index contributed by atoms with van der Waals surface area (Å²) in [6.07, 6.45) is 5.82. The Balaban J connectivity index is 2.11. The van der Waals surface area contributed by atoms with Gasteiger partial charge < -0.3 is 16.0 Å². The predicted octanol–water partition coefficient (Wildman–Crippen LogP) is 3.03. The maximum atomic E-state index is 12.6. The highest BCUT2D eigenvalue weighted by Gasteiger charge is 2.20. The Morgan fingerprint density at radius 2 is 2.00 bits per heavy atom. The number of hydrogen-bond acceptors (Lipinski definition) is 3. The number of nitrogens with zero attached hydrogens (tertiary/aromatic N) is 1. The van der Waals surface area contributed by atoms with Gasteiger partial charge in [-0.3, -0.25) is 4.79 Å². The molecule has 0 radical (unpaired) electrons. The van der Waals surface area contributed by atoms with E-state index in [0.717, 1.165) is 24.4 Å². The van der Waals surface area contributed by atoms with Gasteiger partial charge in [0.2, 0.25) is 0 Å². The minimum absolute atomic E-state index is 0.00875. The molecule has 1 saturated carbocycles. The molecule has 0 saturated heterocycles. The highest BCUT2D eigenvalue weighted by molar-refractivity contribution is 6.00. The molecule has 0 bridgehead atoms. The Bertz CT molecular complexity index is 499. The van der Waals surface area contributed by atoms with Crippen molar-refractivity contribution >= 4 is 17.3 Å². The van der Waals surface area contributed by atoms with Crippen molar-refractivity contribution in [2.24, 2.45) is 5.92 Å². The van der Waals surface area contributed by atoms with Crippen molar-refractivity contribution in [2.75, 3.05) is 24.7 Å². The lowest BCUT2D eigenvalue weighted by Crippen LogP contribution is -2.35. The van der Waals surface area contributed by atoms with Crippen LogP contribution in [0.1, 0.15) is 49.4 Å². The van der Waals surface area contributed by atoms with Gasteiger partial charge in [0.15, 0.2) is 0 Å². The number of hydrogen-bond donors (Lipinski definition) is 2. The Labute approximate surface area is 127 Å². The van der Waals surface area contributed by atoms with Crippen LogP contribution in [0.3, 0.4) is 0 Å². The van der Waals surface area contributed by atoms with Gasteiger partial charge in [-0.15, -0.1) is 0 Å². The van der Waals surface area contributed by atoms with Crippen LogP contribution in [0, 0.1) is 5.92 Å². The molecule has 2 atom stereocenters. The standard InChI is InChI=1S/C17H27N3O/c1-12-5-4-6-14(9-7-12)19-17(21)15-11-13(18)8-10-16(15)20(2)3/h8,10-12,14H,4-7,9,18H2,1-3H3,(H,19,21). The summed E-state index contributed by atoms with van der Waals surface area (Å²) >= 11 is 0. The van der Waals surface area contributed by atoms with Crippen molar-refractivity contribution in [3.05, 3.63) is 23.8 Å². The summed E-state index contributed by atoms with van der Waals surface area (Å²) in [6.45, 7) is 2.30. The Morgan fingerprint density at radius 1 is 1.24 bits per heavy atom. The van der Waals surface area contributed by atoms with Gasteiger partial charge in [-0.1, -0.05) is 19.8 Å². The van der Waals surface area contributed by atoms with E-state index in [1.165, 1.54) is 19.3 Å². The zero-order chi connectivity index (χ0) is 15.4. The molecule has 4 heteroatoms. The van der Waals surface area contributed by atoms with Gasteiger partial charge in [0, 0.05) is 31.5 Å². The fourth-order valence-electron chi connectivity index (χ4n) is 3.02. The Hall–Kier alpha value is -1.71. The first-order chi connectivity index (χ1) is 9.97. The van der Waals surface area contributed by atoms with Gasteiger partial charge in [-0.05, 0) is 43.4 Å². The maximum Gasteiger partial charge on any atom is 0.253 e. The van der Waals surface area contributed by atoms with Crippen LogP contribution in [0.4, 0.5) is 11.4 Å². The summed E-state index contributed by atoms with van der Waals surface area (Å²) in [5, 5.41) is 3.20. The molecule has 3 N–H and O–H groups in total. The summed E-state index contributed by atoms with van der Waals surface area (Å²) < 4.78 is 0. The Morgan fingerprint density at radius 3 is 2.71 bits per heavy atom. The highest BCUT2D eigenvalue weighted by atomic mass is 16.1. The fourth-order valence-corrected chi connectivity index (χ4v) is 3.02. The highest BCUT2D eigenvalue weighted by Crippen LogP contribution is 2.25. The molecule has 0 aromatic heterocycles.